The lowest BCUT2D eigenvalue weighted by Gasteiger charge is -2.51. The molecule has 4 aliphatic heterocycles. The second-order valence-corrected chi connectivity index (χ2v) is 8.71. The molecular formula is C19H36N4OS. The van der Waals surface area contributed by atoms with E-state index >= 15 is 0 Å². The van der Waals surface area contributed by atoms with Gasteiger partial charge in [0, 0.05) is 39.3 Å². The van der Waals surface area contributed by atoms with E-state index in [9.17, 15) is 0 Å². The van der Waals surface area contributed by atoms with Crippen LogP contribution in [0, 0.1) is 17.8 Å². The van der Waals surface area contributed by atoms with Crippen LogP contribution in [0.25, 0.3) is 0 Å². The maximum atomic E-state index is 5.36. The van der Waals surface area contributed by atoms with Crippen LogP contribution >= 0.6 is 12.2 Å². The number of fused-ring (bicyclic) bond motifs is 3. The molecule has 0 aromatic rings. The first-order valence-electron chi connectivity index (χ1n) is 10.1. The summed E-state index contributed by atoms with van der Waals surface area (Å²) in [6, 6.07) is 0.651. The molecule has 6 heteroatoms. The van der Waals surface area contributed by atoms with Crippen LogP contribution < -0.4 is 10.6 Å². The van der Waals surface area contributed by atoms with Gasteiger partial charge in [-0.1, -0.05) is 6.92 Å². The topological polar surface area (TPSA) is 39.8 Å². The number of ether oxygens (including phenoxy) is 1. The maximum Gasteiger partial charge on any atom is 0.166 e. The van der Waals surface area contributed by atoms with Crippen LogP contribution in [0.2, 0.25) is 0 Å². The molecule has 4 aliphatic rings. The molecule has 0 saturated carbocycles. The summed E-state index contributed by atoms with van der Waals surface area (Å²) in [4.78, 5) is 5.44. The summed E-state index contributed by atoms with van der Waals surface area (Å²) in [6.07, 6.45) is 5.51. The highest BCUT2D eigenvalue weighted by atomic mass is 32.1. The van der Waals surface area contributed by atoms with Crippen LogP contribution in [0.3, 0.4) is 0 Å². The highest BCUT2D eigenvalue weighted by Crippen LogP contribution is 2.36. The second-order valence-electron chi connectivity index (χ2n) is 8.31. The van der Waals surface area contributed by atoms with Gasteiger partial charge >= 0.3 is 0 Å². The molecule has 2 N–H and O–H groups in total. The molecule has 0 aliphatic carbocycles. The molecule has 25 heavy (non-hydrogen) atoms. The smallest absolute Gasteiger partial charge is 0.166 e. The number of methoxy groups -OCH3 is 1. The van der Waals surface area contributed by atoms with Gasteiger partial charge in [0.05, 0.1) is 6.61 Å². The van der Waals surface area contributed by atoms with Crippen LogP contribution in [0.15, 0.2) is 0 Å². The van der Waals surface area contributed by atoms with Gasteiger partial charge in [-0.15, -0.1) is 0 Å². The third-order valence-corrected chi connectivity index (χ3v) is 6.76. The van der Waals surface area contributed by atoms with Gasteiger partial charge in [0.2, 0.25) is 0 Å². The SMILES string of the molecule is COCCNC(=S)NC[C@H]1C[C@@H]2CCN1C[C@@H]2CN1CCC(C)CC1. The molecule has 0 aromatic heterocycles. The summed E-state index contributed by atoms with van der Waals surface area (Å²) in [5, 5.41) is 7.38. The molecule has 144 valence electrons. The lowest BCUT2D eigenvalue weighted by molar-refractivity contribution is -0.0139. The molecule has 0 amide bonds. The van der Waals surface area contributed by atoms with Crippen LogP contribution in [-0.4, -0.2) is 80.5 Å². The molecule has 2 bridgehead atoms. The number of hydrogen-bond donors (Lipinski definition) is 2. The van der Waals surface area contributed by atoms with Gasteiger partial charge in [-0.2, -0.15) is 0 Å². The van der Waals surface area contributed by atoms with Crippen molar-refractivity contribution in [1.29, 1.82) is 0 Å². The number of piperidine rings is 4. The zero-order valence-electron chi connectivity index (χ0n) is 16.0. The van der Waals surface area contributed by atoms with E-state index in [-0.39, 0.29) is 0 Å². The van der Waals surface area contributed by atoms with Crippen LogP contribution in [-0.2, 0) is 4.74 Å². The summed E-state index contributed by atoms with van der Waals surface area (Å²) in [7, 11) is 1.71. The van der Waals surface area contributed by atoms with Crippen molar-refractivity contribution < 1.29 is 4.74 Å². The normalized spacial score (nSPS) is 33.4. The minimum absolute atomic E-state index is 0.651. The monoisotopic (exact) mass is 368 g/mol. The number of likely N-dealkylation sites (tertiary alicyclic amines) is 1. The van der Waals surface area contributed by atoms with Gasteiger partial charge in [0.25, 0.3) is 0 Å². The Kier molecular flexibility index (Phi) is 7.34. The fourth-order valence-electron chi connectivity index (χ4n) is 4.78. The molecule has 0 aromatic carbocycles. The van der Waals surface area contributed by atoms with E-state index in [0.717, 1.165) is 36.0 Å². The molecule has 4 rings (SSSR count). The molecule has 1 unspecified atom stereocenters. The predicted molar refractivity (Wildman–Crippen MR) is 107 cm³/mol. The Morgan fingerprint density at radius 2 is 1.96 bits per heavy atom. The minimum Gasteiger partial charge on any atom is -0.383 e. The predicted octanol–water partition coefficient (Wildman–Crippen LogP) is 1.54. The Bertz CT molecular complexity index is 428. The van der Waals surface area contributed by atoms with Gasteiger partial charge in [0.1, 0.15) is 0 Å². The van der Waals surface area contributed by atoms with E-state index in [2.05, 4.69) is 27.4 Å². The van der Waals surface area contributed by atoms with Crippen molar-refractivity contribution in [2.45, 2.75) is 38.6 Å². The van der Waals surface area contributed by atoms with Gasteiger partial charge in [-0.25, -0.2) is 0 Å². The van der Waals surface area contributed by atoms with E-state index < -0.39 is 0 Å². The standard InChI is InChI=1S/C19H36N4OS/c1-15-3-7-22(8-4-15)13-17-14-23-9-5-16(17)11-18(23)12-21-19(25)20-6-10-24-2/h15-18H,3-14H2,1-2H3,(H2,20,21,25)/t16-,17-,18+/m0/s1. The number of nitrogens with zero attached hydrogens (tertiary/aromatic N) is 2. The van der Waals surface area contributed by atoms with Crippen molar-refractivity contribution in [3.8, 4) is 0 Å². The van der Waals surface area contributed by atoms with Crippen LogP contribution in [0.4, 0.5) is 0 Å². The first-order chi connectivity index (χ1) is 12.2. The average Bonchev–Trinajstić information content (AvgIpc) is 2.63. The lowest BCUT2D eigenvalue weighted by atomic mass is 9.75. The maximum absolute atomic E-state index is 5.36. The molecular weight excluding hydrogens is 332 g/mol. The lowest BCUT2D eigenvalue weighted by Crippen LogP contribution is -2.59. The Morgan fingerprint density at radius 3 is 2.64 bits per heavy atom. The molecule has 5 nitrogen and oxygen atoms in total. The van der Waals surface area contributed by atoms with Crippen molar-refractivity contribution in [1.82, 2.24) is 20.4 Å². The first kappa shape index (κ1) is 19.3. The van der Waals surface area contributed by atoms with Crippen LogP contribution in [0.1, 0.15) is 32.6 Å². The Hall–Kier alpha value is -0.430. The summed E-state index contributed by atoms with van der Waals surface area (Å²) in [5.41, 5.74) is 0. The third kappa shape index (κ3) is 5.52. The summed E-state index contributed by atoms with van der Waals surface area (Å²) >= 11 is 5.36. The molecule has 0 spiro atoms. The van der Waals surface area contributed by atoms with Crippen LogP contribution in [0.5, 0.6) is 0 Å². The number of thiocarbonyl (C=S) groups is 1. The molecule has 4 fully saturated rings. The number of hydrogen-bond acceptors (Lipinski definition) is 4. The molecule has 4 saturated heterocycles. The summed E-state index contributed by atoms with van der Waals surface area (Å²) < 4.78 is 5.04. The quantitative estimate of drug-likeness (QED) is 0.525. The fourth-order valence-corrected chi connectivity index (χ4v) is 4.97. The van der Waals surface area contributed by atoms with E-state index in [1.165, 1.54) is 58.4 Å². The zero-order valence-corrected chi connectivity index (χ0v) is 16.8. The number of rotatable bonds is 7. The summed E-state index contributed by atoms with van der Waals surface area (Å²) in [6.45, 7) is 11.4. The van der Waals surface area contributed by atoms with Gasteiger partial charge in [-0.3, -0.25) is 4.90 Å². The van der Waals surface area contributed by atoms with Gasteiger partial charge < -0.3 is 20.3 Å². The van der Waals surface area contributed by atoms with Gasteiger partial charge in [-0.05, 0) is 75.3 Å². The Morgan fingerprint density at radius 1 is 1.16 bits per heavy atom. The zero-order chi connectivity index (χ0) is 17.6. The van der Waals surface area contributed by atoms with E-state index in [0.29, 0.717) is 12.6 Å². The van der Waals surface area contributed by atoms with E-state index in [1.54, 1.807) is 7.11 Å². The summed E-state index contributed by atoms with van der Waals surface area (Å²) in [5.74, 6) is 2.72. The van der Waals surface area contributed by atoms with E-state index in [1.807, 2.05) is 0 Å². The molecule has 4 heterocycles. The second kappa shape index (κ2) is 9.49. The Balaban J connectivity index is 1.39. The van der Waals surface area contributed by atoms with Crippen molar-refractivity contribution in [3.63, 3.8) is 0 Å². The van der Waals surface area contributed by atoms with Crippen molar-refractivity contribution in [3.05, 3.63) is 0 Å². The molecule has 0 radical (unpaired) electrons. The Labute approximate surface area is 158 Å². The highest BCUT2D eigenvalue weighted by Gasteiger charge is 2.40. The molecule has 4 atom stereocenters. The number of nitrogens with one attached hydrogen (secondary N) is 2. The van der Waals surface area contributed by atoms with Crippen molar-refractivity contribution in [2.75, 3.05) is 59.5 Å². The minimum atomic E-state index is 0.651. The largest absolute Gasteiger partial charge is 0.383 e. The fraction of sp³-hybridized carbons (Fsp3) is 0.947. The van der Waals surface area contributed by atoms with E-state index in [4.69, 9.17) is 17.0 Å². The van der Waals surface area contributed by atoms with Crippen molar-refractivity contribution >= 4 is 17.3 Å². The van der Waals surface area contributed by atoms with Crippen molar-refractivity contribution in [2.24, 2.45) is 17.8 Å². The first-order valence-corrected chi connectivity index (χ1v) is 10.5. The average molecular weight is 369 g/mol. The van der Waals surface area contributed by atoms with Gasteiger partial charge in [0.15, 0.2) is 5.11 Å². The highest BCUT2D eigenvalue weighted by molar-refractivity contribution is 7.80. The third-order valence-electron chi connectivity index (χ3n) is 6.47.